The summed E-state index contributed by atoms with van der Waals surface area (Å²) in [6, 6.07) is 13.4. The van der Waals surface area contributed by atoms with Crippen molar-refractivity contribution in [3.8, 4) is 0 Å². The van der Waals surface area contributed by atoms with Crippen LogP contribution >= 0.6 is 0 Å². The fourth-order valence-corrected chi connectivity index (χ4v) is 2.85. The maximum Gasteiger partial charge on any atom is 0.273 e. The van der Waals surface area contributed by atoms with Crippen LogP contribution in [0.2, 0.25) is 0 Å². The van der Waals surface area contributed by atoms with E-state index in [1.807, 2.05) is 42.5 Å². The lowest BCUT2D eigenvalue weighted by atomic mass is 10.2. The van der Waals surface area contributed by atoms with Crippen LogP contribution in [-0.2, 0) is 4.74 Å². The van der Waals surface area contributed by atoms with Crippen molar-refractivity contribution >= 4 is 28.3 Å². The molecule has 1 aliphatic heterocycles. The molecule has 0 unspecified atom stereocenters. The number of rotatable bonds is 3. The van der Waals surface area contributed by atoms with E-state index in [9.17, 15) is 4.79 Å². The zero-order chi connectivity index (χ0) is 16.4. The summed E-state index contributed by atoms with van der Waals surface area (Å²) in [4.78, 5) is 22.0. The molecule has 4 rings (SSSR count). The highest BCUT2D eigenvalue weighted by molar-refractivity contribution is 6.05. The second-order valence-corrected chi connectivity index (χ2v) is 5.73. The van der Waals surface area contributed by atoms with Crippen LogP contribution in [0.3, 0.4) is 0 Å². The number of ether oxygens (including phenoxy) is 1. The van der Waals surface area contributed by atoms with Crippen LogP contribution in [-0.4, -0.2) is 42.2 Å². The van der Waals surface area contributed by atoms with Crippen LogP contribution in [0.15, 0.2) is 48.7 Å². The van der Waals surface area contributed by atoms with E-state index in [1.54, 1.807) is 6.20 Å². The van der Waals surface area contributed by atoms with Gasteiger partial charge in [-0.1, -0.05) is 18.2 Å². The standard InChI is InChI=1S/C18H18N4O2/c23-18(16-11-13-3-1-2-4-15(13)20-16)21-17-6-5-14(12-19-17)22-7-9-24-10-8-22/h1-6,11-12,20H,7-10H2,(H,19,21,23). The van der Waals surface area contributed by atoms with E-state index in [1.165, 1.54) is 0 Å². The highest BCUT2D eigenvalue weighted by Gasteiger charge is 2.13. The number of nitrogens with one attached hydrogen (secondary N) is 2. The summed E-state index contributed by atoms with van der Waals surface area (Å²) < 4.78 is 5.35. The summed E-state index contributed by atoms with van der Waals surface area (Å²) in [6.45, 7) is 3.20. The number of aromatic amines is 1. The number of hydrogen-bond donors (Lipinski definition) is 2. The molecule has 3 heterocycles. The summed E-state index contributed by atoms with van der Waals surface area (Å²) >= 11 is 0. The molecule has 0 atom stereocenters. The summed E-state index contributed by atoms with van der Waals surface area (Å²) in [5.74, 6) is 0.341. The maximum absolute atomic E-state index is 12.4. The Balaban J connectivity index is 1.47. The summed E-state index contributed by atoms with van der Waals surface area (Å²) in [5, 5.41) is 3.84. The first-order chi connectivity index (χ1) is 11.8. The number of pyridine rings is 1. The van der Waals surface area contributed by atoms with Gasteiger partial charge in [-0.3, -0.25) is 4.79 Å². The van der Waals surface area contributed by atoms with Gasteiger partial charge in [0.25, 0.3) is 5.91 Å². The van der Waals surface area contributed by atoms with Gasteiger partial charge < -0.3 is 19.9 Å². The number of hydrogen-bond acceptors (Lipinski definition) is 4. The number of para-hydroxylation sites is 1. The first-order valence-corrected chi connectivity index (χ1v) is 7.97. The van der Waals surface area contributed by atoms with Crippen molar-refractivity contribution in [3.05, 3.63) is 54.4 Å². The quantitative estimate of drug-likeness (QED) is 0.778. The van der Waals surface area contributed by atoms with Gasteiger partial charge in [0.15, 0.2) is 0 Å². The average Bonchev–Trinajstić information content (AvgIpc) is 3.07. The lowest BCUT2D eigenvalue weighted by molar-refractivity contribution is 0.102. The Bertz CT molecular complexity index is 818. The van der Waals surface area contributed by atoms with E-state index >= 15 is 0 Å². The SMILES string of the molecule is O=C(Nc1ccc(N2CCOCC2)cn1)c1cc2ccccc2[nH]1. The van der Waals surface area contributed by atoms with Crippen LogP contribution < -0.4 is 10.2 Å². The molecule has 2 aromatic heterocycles. The Morgan fingerprint density at radius 2 is 2.00 bits per heavy atom. The topological polar surface area (TPSA) is 70.2 Å². The van der Waals surface area contributed by atoms with Gasteiger partial charge >= 0.3 is 0 Å². The number of morpholine rings is 1. The number of H-pyrrole nitrogens is 1. The number of aromatic nitrogens is 2. The minimum Gasteiger partial charge on any atom is -0.378 e. The Morgan fingerprint density at radius 1 is 1.17 bits per heavy atom. The smallest absolute Gasteiger partial charge is 0.273 e. The fourth-order valence-electron chi connectivity index (χ4n) is 2.85. The van der Waals surface area contributed by atoms with Gasteiger partial charge in [0, 0.05) is 24.0 Å². The van der Waals surface area contributed by atoms with Crippen molar-refractivity contribution in [2.24, 2.45) is 0 Å². The number of carbonyl (C=O) groups is 1. The molecule has 0 saturated carbocycles. The third kappa shape index (κ3) is 2.96. The van der Waals surface area contributed by atoms with Crippen molar-refractivity contribution in [3.63, 3.8) is 0 Å². The van der Waals surface area contributed by atoms with E-state index in [0.29, 0.717) is 11.5 Å². The molecule has 6 heteroatoms. The third-order valence-electron chi connectivity index (χ3n) is 4.14. The molecule has 3 aromatic rings. The zero-order valence-corrected chi connectivity index (χ0v) is 13.2. The number of nitrogens with zero attached hydrogens (tertiary/aromatic N) is 2. The molecule has 0 spiro atoms. The fraction of sp³-hybridized carbons (Fsp3) is 0.222. The molecule has 1 fully saturated rings. The van der Waals surface area contributed by atoms with E-state index in [0.717, 1.165) is 42.9 Å². The van der Waals surface area contributed by atoms with Gasteiger partial charge in [-0.15, -0.1) is 0 Å². The minimum atomic E-state index is -0.196. The first-order valence-electron chi connectivity index (χ1n) is 7.97. The number of fused-ring (bicyclic) bond motifs is 1. The van der Waals surface area contributed by atoms with Gasteiger partial charge in [-0.05, 0) is 24.3 Å². The summed E-state index contributed by atoms with van der Waals surface area (Å²) in [6.07, 6.45) is 1.78. The lowest BCUT2D eigenvalue weighted by Gasteiger charge is -2.28. The molecular formula is C18H18N4O2. The third-order valence-corrected chi connectivity index (χ3v) is 4.14. The predicted molar refractivity (Wildman–Crippen MR) is 93.5 cm³/mol. The highest BCUT2D eigenvalue weighted by Crippen LogP contribution is 2.18. The van der Waals surface area contributed by atoms with Crippen LogP contribution in [0, 0.1) is 0 Å². The molecule has 2 N–H and O–H groups in total. The van der Waals surface area contributed by atoms with E-state index in [2.05, 4.69) is 20.2 Å². The molecule has 0 aliphatic carbocycles. The molecule has 0 bridgehead atoms. The second-order valence-electron chi connectivity index (χ2n) is 5.73. The molecule has 1 aromatic carbocycles. The minimum absolute atomic E-state index is 0.196. The van der Waals surface area contributed by atoms with Crippen LogP contribution in [0.25, 0.3) is 10.9 Å². The van der Waals surface area contributed by atoms with Crippen LogP contribution in [0.5, 0.6) is 0 Å². The second kappa shape index (κ2) is 6.33. The monoisotopic (exact) mass is 322 g/mol. The first kappa shape index (κ1) is 14.7. The van der Waals surface area contributed by atoms with Crippen molar-refractivity contribution < 1.29 is 9.53 Å². The molecule has 0 radical (unpaired) electrons. The molecule has 1 amide bonds. The highest BCUT2D eigenvalue weighted by atomic mass is 16.5. The van der Waals surface area contributed by atoms with Crippen molar-refractivity contribution in [1.82, 2.24) is 9.97 Å². The Hall–Kier alpha value is -2.86. The molecule has 122 valence electrons. The number of benzene rings is 1. The van der Waals surface area contributed by atoms with E-state index in [-0.39, 0.29) is 5.91 Å². The maximum atomic E-state index is 12.4. The Labute approximate surface area is 139 Å². The van der Waals surface area contributed by atoms with Crippen molar-refractivity contribution in [1.29, 1.82) is 0 Å². The normalized spacial score (nSPS) is 14.8. The van der Waals surface area contributed by atoms with E-state index < -0.39 is 0 Å². The van der Waals surface area contributed by atoms with Gasteiger partial charge in [0.1, 0.15) is 11.5 Å². The van der Waals surface area contributed by atoms with Gasteiger partial charge in [-0.2, -0.15) is 0 Å². The number of carbonyl (C=O) groups excluding carboxylic acids is 1. The summed E-state index contributed by atoms with van der Waals surface area (Å²) in [7, 11) is 0. The van der Waals surface area contributed by atoms with Gasteiger partial charge in [-0.25, -0.2) is 4.98 Å². The van der Waals surface area contributed by atoms with Crippen LogP contribution in [0.4, 0.5) is 11.5 Å². The van der Waals surface area contributed by atoms with Gasteiger partial charge in [0.05, 0.1) is 25.1 Å². The molecule has 24 heavy (non-hydrogen) atoms. The lowest BCUT2D eigenvalue weighted by Crippen LogP contribution is -2.36. The largest absolute Gasteiger partial charge is 0.378 e. The van der Waals surface area contributed by atoms with Gasteiger partial charge in [0.2, 0.25) is 0 Å². The Morgan fingerprint density at radius 3 is 2.75 bits per heavy atom. The molecular weight excluding hydrogens is 304 g/mol. The van der Waals surface area contributed by atoms with Crippen molar-refractivity contribution in [2.45, 2.75) is 0 Å². The molecule has 1 aliphatic rings. The average molecular weight is 322 g/mol. The summed E-state index contributed by atoms with van der Waals surface area (Å²) in [5.41, 5.74) is 2.51. The Kier molecular flexibility index (Phi) is 3.88. The number of anilines is 2. The van der Waals surface area contributed by atoms with Crippen LogP contribution in [0.1, 0.15) is 10.5 Å². The molecule has 1 saturated heterocycles. The predicted octanol–water partition coefficient (Wildman–Crippen LogP) is 2.65. The van der Waals surface area contributed by atoms with E-state index in [4.69, 9.17) is 4.74 Å². The zero-order valence-electron chi connectivity index (χ0n) is 13.2. The molecule has 6 nitrogen and oxygen atoms in total. The number of amides is 1. The van der Waals surface area contributed by atoms with Crippen molar-refractivity contribution in [2.75, 3.05) is 36.5 Å².